The fourth-order valence-electron chi connectivity index (χ4n) is 1.16. The zero-order valence-corrected chi connectivity index (χ0v) is 10.2. The number of rotatable bonds is 2. The Morgan fingerprint density at radius 2 is 1.93 bits per heavy atom. The van der Waals surface area contributed by atoms with Crippen molar-refractivity contribution in [3.8, 4) is 11.3 Å². The Bertz CT molecular complexity index is 425. The summed E-state index contributed by atoms with van der Waals surface area (Å²) in [6.45, 7) is 0.498. The summed E-state index contributed by atoms with van der Waals surface area (Å²) in [5.41, 5.74) is 7.53. The molecule has 1 heterocycles. The molecule has 0 saturated heterocycles. The summed E-state index contributed by atoms with van der Waals surface area (Å²) in [5, 5.41) is 3.70. The molecule has 0 saturated carbocycles. The summed E-state index contributed by atoms with van der Waals surface area (Å²) < 4.78 is 0. The minimum atomic E-state index is 0. The first kappa shape index (κ1) is 12.5. The Kier molecular flexibility index (Phi) is 4.54. The number of thiazole rings is 1. The monoisotopic (exact) mass is 260 g/mol. The minimum Gasteiger partial charge on any atom is -0.325 e. The van der Waals surface area contributed by atoms with Crippen LogP contribution in [0.5, 0.6) is 0 Å². The van der Waals surface area contributed by atoms with Gasteiger partial charge < -0.3 is 5.73 Å². The Balaban J connectivity index is 0.00000112. The largest absolute Gasteiger partial charge is 0.325 e. The van der Waals surface area contributed by atoms with Gasteiger partial charge in [-0.25, -0.2) is 4.98 Å². The Hall–Kier alpha value is -0.610. The summed E-state index contributed by atoms with van der Waals surface area (Å²) in [6, 6.07) is 7.63. The van der Waals surface area contributed by atoms with Gasteiger partial charge >= 0.3 is 0 Å². The number of hydrogen-bond acceptors (Lipinski definition) is 3. The van der Waals surface area contributed by atoms with Crippen molar-refractivity contribution >= 4 is 35.3 Å². The fraction of sp³-hybridized carbons (Fsp3) is 0.100. The van der Waals surface area contributed by atoms with Gasteiger partial charge in [-0.05, 0) is 12.1 Å². The second-order valence-corrected chi connectivity index (χ2v) is 4.22. The number of aromatic nitrogens is 1. The van der Waals surface area contributed by atoms with Gasteiger partial charge in [0.05, 0.1) is 5.69 Å². The molecule has 0 spiro atoms. The molecule has 1 aromatic heterocycles. The molecular weight excluding hydrogens is 251 g/mol. The topological polar surface area (TPSA) is 38.9 Å². The van der Waals surface area contributed by atoms with Gasteiger partial charge in [-0.1, -0.05) is 23.7 Å². The standard InChI is InChI=1S/C10H9ClN2S.ClH/c11-8-3-1-7(2-4-8)9-6-14-10(5-12)13-9;/h1-4,6H,5,12H2;1H. The molecule has 2 nitrogen and oxygen atoms in total. The molecular formula is C10H10Cl2N2S. The summed E-state index contributed by atoms with van der Waals surface area (Å²) in [4.78, 5) is 4.38. The third kappa shape index (κ3) is 2.92. The van der Waals surface area contributed by atoms with Crippen LogP contribution in [-0.2, 0) is 6.54 Å². The first-order chi connectivity index (χ1) is 6.79. The Labute approximate surface area is 104 Å². The second-order valence-electron chi connectivity index (χ2n) is 2.84. The van der Waals surface area contributed by atoms with E-state index in [0.29, 0.717) is 6.54 Å². The van der Waals surface area contributed by atoms with Crippen LogP contribution in [0.2, 0.25) is 5.02 Å². The highest BCUT2D eigenvalue weighted by molar-refractivity contribution is 7.09. The molecule has 0 aliphatic heterocycles. The van der Waals surface area contributed by atoms with Crippen LogP contribution in [-0.4, -0.2) is 4.98 Å². The number of hydrogen-bond donors (Lipinski definition) is 1. The van der Waals surface area contributed by atoms with Gasteiger partial charge in [0.15, 0.2) is 0 Å². The van der Waals surface area contributed by atoms with E-state index in [0.717, 1.165) is 21.3 Å². The zero-order chi connectivity index (χ0) is 9.97. The summed E-state index contributed by atoms with van der Waals surface area (Å²) >= 11 is 7.37. The van der Waals surface area contributed by atoms with Gasteiger partial charge in [-0.2, -0.15) is 0 Å². The highest BCUT2D eigenvalue weighted by atomic mass is 35.5. The first-order valence-electron chi connectivity index (χ1n) is 4.20. The Morgan fingerprint density at radius 1 is 1.27 bits per heavy atom. The maximum absolute atomic E-state index is 5.79. The normalized spacial score (nSPS) is 9.73. The molecule has 0 radical (unpaired) electrons. The number of nitrogens with zero attached hydrogens (tertiary/aromatic N) is 1. The van der Waals surface area contributed by atoms with Crippen molar-refractivity contribution in [3.05, 3.63) is 39.7 Å². The average Bonchev–Trinajstić information content (AvgIpc) is 2.67. The van der Waals surface area contributed by atoms with Crippen molar-refractivity contribution in [2.75, 3.05) is 0 Å². The van der Waals surface area contributed by atoms with Crippen molar-refractivity contribution in [3.63, 3.8) is 0 Å². The fourth-order valence-corrected chi connectivity index (χ4v) is 1.97. The molecule has 0 aliphatic rings. The van der Waals surface area contributed by atoms with Gasteiger partial charge in [0, 0.05) is 22.5 Å². The molecule has 0 unspecified atom stereocenters. The van der Waals surface area contributed by atoms with Crippen LogP contribution in [0.1, 0.15) is 5.01 Å². The highest BCUT2D eigenvalue weighted by Crippen LogP contribution is 2.23. The summed E-state index contributed by atoms with van der Waals surface area (Å²) in [5.74, 6) is 0. The van der Waals surface area contributed by atoms with Crippen molar-refractivity contribution in [1.29, 1.82) is 0 Å². The van der Waals surface area contributed by atoms with Crippen molar-refractivity contribution in [2.24, 2.45) is 5.73 Å². The SMILES string of the molecule is Cl.NCc1nc(-c2ccc(Cl)cc2)cs1. The summed E-state index contributed by atoms with van der Waals surface area (Å²) in [6.07, 6.45) is 0. The van der Waals surface area contributed by atoms with Crippen LogP contribution in [0.3, 0.4) is 0 Å². The molecule has 2 aromatic rings. The van der Waals surface area contributed by atoms with E-state index in [1.54, 1.807) is 11.3 Å². The molecule has 1 aromatic carbocycles. The van der Waals surface area contributed by atoms with E-state index in [-0.39, 0.29) is 12.4 Å². The lowest BCUT2D eigenvalue weighted by Crippen LogP contribution is -1.94. The number of benzene rings is 1. The van der Waals surface area contributed by atoms with E-state index in [2.05, 4.69) is 4.98 Å². The molecule has 0 bridgehead atoms. The van der Waals surface area contributed by atoms with E-state index in [1.165, 1.54) is 0 Å². The van der Waals surface area contributed by atoms with Crippen LogP contribution in [0.15, 0.2) is 29.6 Å². The predicted molar refractivity (Wildman–Crippen MR) is 67.7 cm³/mol. The van der Waals surface area contributed by atoms with Crippen molar-refractivity contribution in [2.45, 2.75) is 6.54 Å². The van der Waals surface area contributed by atoms with Gasteiger partial charge in [-0.3, -0.25) is 0 Å². The second kappa shape index (κ2) is 5.47. The van der Waals surface area contributed by atoms with Crippen LogP contribution in [0.4, 0.5) is 0 Å². The first-order valence-corrected chi connectivity index (χ1v) is 5.46. The van der Waals surface area contributed by atoms with Crippen LogP contribution in [0.25, 0.3) is 11.3 Å². The summed E-state index contributed by atoms with van der Waals surface area (Å²) in [7, 11) is 0. The molecule has 15 heavy (non-hydrogen) atoms. The van der Waals surface area contributed by atoms with Crippen LogP contribution >= 0.6 is 35.3 Å². The van der Waals surface area contributed by atoms with Gasteiger partial charge in [0.2, 0.25) is 0 Å². The third-order valence-corrected chi connectivity index (χ3v) is 2.99. The molecule has 2 rings (SSSR count). The number of nitrogens with two attached hydrogens (primary N) is 1. The maximum atomic E-state index is 5.79. The third-order valence-electron chi connectivity index (χ3n) is 1.87. The maximum Gasteiger partial charge on any atom is 0.107 e. The van der Waals surface area contributed by atoms with E-state index < -0.39 is 0 Å². The van der Waals surface area contributed by atoms with Crippen molar-refractivity contribution < 1.29 is 0 Å². The molecule has 5 heteroatoms. The van der Waals surface area contributed by atoms with Gasteiger partial charge in [-0.15, -0.1) is 23.7 Å². The lowest BCUT2D eigenvalue weighted by atomic mass is 10.2. The van der Waals surface area contributed by atoms with Crippen LogP contribution in [0, 0.1) is 0 Å². The smallest absolute Gasteiger partial charge is 0.107 e. The van der Waals surface area contributed by atoms with Gasteiger partial charge in [0.1, 0.15) is 5.01 Å². The van der Waals surface area contributed by atoms with Crippen LogP contribution < -0.4 is 5.73 Å². The van der Waals surface area contributed by atoms with E-state index in [1.807, 2.05) is 29.6 Å². The minimum absolute atomic E-state index is 0. The lowest BCUT2D eigenvalue weighted by Gasteiger charge is -1.95. The average molecular weight is 261 g/mol. The zero-order valence-electron chi connectivity index (χ0n) is 7.81. The highest BCUT2D eigenvalue weighted by Gasteiger charge is 2.02. The Morgan fingerprint density at radius 3 is 2.47 bits per heavy atom. The molecule has 0 atom stereocenters. The van der Waals surface area contributed by atoms with Gasteiger partial charge in [0.25, 0.3) is 0 Å². The molecule has 80 valence electrons. The quantitative estimate of drug-likeness (QED) is 0.900. The lowest BCUT2D eigenvalue weighted by molar-refractivity contribution is 1.04. The molecule has 2 N–H and O–H groups in total. The molecule has 0 fully saturated rings. The molecule has 0 amide bonds. The van der Waals surface area contributed by atoms with E-state index >= 15 is 0 Å². The van der Waals surface area contributed by atoms with E-state index in [4.69, 9.17) is 17.3 Å². The predicted octanol–water partition coefficient (Wildman–Crippen LogP) is 3.34. The number of halogens is 2. The molecule has 0 aliphatic carbocycles. The van der Waals surface area contributed by atoms with E-state index in [9.17, 15) is 0 Å². The van der Waals surface area contributed by atoms with Crippen molar-refractivity contribution in [1.82, 2.24) is 4.98 Å².